The van der Waals surface area contributed by atoms with Crippen LogP contribution in [0.15, 0.2) is 47.4 Å². The Labute approximate surface area is 187 Å². The zero-order valence-corrected chi connectivity index (χ0v) is 19.2. The van der Waals surface area contributed by atoms with Crippen molar-refractivity contribution < 1.29 is 13.2 Å². The second-order valence-corrected chi connectivity index (χ2v) is 9.93. The maximum absolute atomic E-state index is 13.0. The fourth-order valence-corrected chi connectivity index (χ4v) is 5.17. The van der Waals surface area contributed by atoms with Gasteiger partial charge in [0, 0.05) is 31.7 Å². The fraction of sp³-hybridized carbons (Fsp3) is 0.364. The lowest BCUT2D eigenvalue weighted by Gasteiger charge is -2.34. The fourth-order valence-electron chi connectivity index (χ4n) is 3.66. The van der Waals surface area contributed by atoms with Crippen molar-refractivity contribution in [1.29, 1.82) is 0 Å². The molecule has 1 aliphatic rings. The molecule has 1 aromatic heterocycles. The highest BCUT2D eigenvalue weighted by atomic mass is 32.2. The van der Waals surface area contributed by atoms with Crippen molar-refractivity contribution in [3.63, 3.8) is 0 Å². The molecular weight excluding hydrogens is 428 g/mol. The third-order valence-corrected chi connectivity index (χ3v) is 7.72. The quantitative estimate of drug-likeness (QED) is 0.583. The van der Waals surface area contributed by atoms with E-state index in [1.54, 1.807) is 17.0 Å². The predicted octanol–water partition coefficient (Wildman–Crippen LogP) is 1.80. The molecule has 0 aliphatic carbocycles. The van der Waals surface area contributed by atoms with E-state index >= 15 is 0 Å². The molecule has 1 aliphatic heterocycles. The Morgan fingerprint density at radius 1 is 0.938 bits per heavy atom. The van der Waals surface area contributed by atoms with Gasteiger partial charge in [0.1, 0.15) is 6.54 Å². The summed E-state index contributed by atoms with van der Waals surface area (Å²) in [6, 6.07) is 12.9. The van der Waals surface area contributed by atoms with Crippen LogP contribution in [-0.4, -0.2) is 69.9 Å². The molecule has 168 valence electrons. The van der Waals surface area contributed by atoms with Gasteiger partial charge in [-0.05, 0) is 54.8 Å². The van der Waals surface area contributed by atoms with Crippen molar-refractivity contribution in [1.82, 2.24) is 29.4 Å². The molecule has 0 unspecified atom stereocenters. The van der Waals surface area contributed by atoms with Crippen molar-refractivity contribution in [2.24, 2.45) is 0 Å². The average molecular weight is 455 g/mol. The number of sulfonamides is 1. The molecule has 0 bridgehead atoms. The summed E-state index contributed by atoms with van der Waals surface area (Å²) in [6.45, 7) is 6.91. The van der Waals surface area contributed by atoms with Gasteiger partial charge < -0.3 is 4.90 Å². The number of nitrogens with zero attached hydrogens (tertiary/aromatic N) is 6. The van der Waals surface area contributed by atoms with Gasteiger partial charge >= 0.3 is 0 Å². The third-order valence-electron chi connectivity index (χ3n) is 5.82. The van der Waals surface area contributed by atoms with Crippen molar-refractivity contribution in [3.8, 4) is 11.4 Å². The number of rotatable bonds is 5. The normalized spacial score (nSPS) is 15.2. The van der Waals surface area contributed by atoms with E-state index in [4.69, 9.17) is 0 Å². The molecule has 10 heteroatoms. The summed E-state index contributed by atoms with van der Waals surface area (Å²) in [5.74, 6) is 0.308. The minimum Gasteiger partial charge on any atom is -0.338 e. The molecule has 4 rings (SSSR count). The number of aryl methyl sites for hydroxylation is 3. The standard InChI is InChI=1S/C22H26N6O3S/c1-16-8-9-19(14-18(16)3)32(30,31)27-12-10-26(11-13-27)21(29)15-28-24-22(23-25-28)20-7-5-4-6-17(20)2/h4-9,14H,10-13,15H2,1-3H3. The number of piperazine rings is 1. The molecule has 0 atom stereocenters. The van der Waals surface area contributed by atoms with Gasteiger partial charge in [-0.15, -0.1) is 10.2 Å². The van der Waals surface area contributed by atoms with Crippen molar-refractivity contribution in [2.75, 3.05) is 26.2 Å². The molecule has 0 radical (unpaired) electrons. The van der Waals surface area contributed by atoms with Crippen LogP contribution in [0.1, 0.15) is 16.7 Å². The maximum atomic E-state index is 13.0. The molecular formula is C22H26N6O3S. The van der Waals surface area contributed by atoms with E-state index in [0.29, 0.717) is 18.9 Å². The Bertz CT molecular complexity index is 1250. The number of amides is 1. The van der Waals surface area contributed by atoms with Gasteiger partial charge in [-0.3, -0.25) is 4.79 Å². The van der Waals surface area contributed by atoms with Gasteiger partial charge in [0.25, 0.3) is 0 Å². The summed E-state index contributed by atoms with van der Waals surface area (Å²) in [7, 11) is -3.59. The Kier molecular flexibility index (Phi) is 6.07. The molecule has 0 spiro atoms. The lowest BCUT2D eigenvalue weighted by Crippen LogP contribution is -2.51. The molecule has 3 aromatic rings. The molecule has 2 aromatic carbocycles. The topological polar surface area (TPSA) is 101 Å². The molecule has 0 saturated carbocycles. The highest BCUT2D eigenvalue weighted by molar-refractivity contribution is 7.89. The van der Waals surface area contributed by atoms with Crippen molar-refractivity contribution in [2.45, 2.75) is 32.2 Å². The summed E-state index contributed by atoms with van der Waals surface area (Å²) in [5, 5.41) is 12.4. The first kappa shape index (κ1) is 22.1. The van der Waals surface area contributed by atoms with Gasteiger partial charge in [0.15, 0.2) is 0 Å². The Hall–Kier alpha value is -3.11. The number of hydrogen-bond donors (Lipinski definition) is 0. The van der Waals surface area contributed by atoms with Crippen LogP contribution in [-0.2, 0) is 21.4 Å². The second-order valence-electron chi connectivity index (χ2n) is 7.99. The van der Waals surface area contributed by atoms with E-state index in [0.717, 1.165) is 22.3 Å². The Morgan fingerprint density at radius 2 is 1.66 bits per heavy atom. The number of tetrazole rings is 1. The number of carbonyl (C=O) groups is 1. The zero-order chi connectivity index (χ0) is 22.9. The van der Waals surface area contributed by atoms with Crippen LogP contribution in [0.25, 0.3) is 11.4 Å². The molecule has 1 saturated heterocycles. The first-order chi connectivity index (χ1) is 15.3. The van der Waals surface area contributed by atoms with Gasteiger partial charge in [-0.1, -0.05) is 30.3 Å². The number of aromatic nitrogens is 4. The Morgan fingerprint density at radius 3 is 2.34 bits per heavy atom. The molecule has 1 fully saturated rings. The average Bonchev–Trinajstić information content (AvgIpc) is 3.24. The van der Waals surface area contributed by atoms with Crippen LogP contribution in [0.2, 0.25) is 0 Å². The van der Waals surface area contributed by atoms with Gasteiger partial charge in [0.2, 0.25) is 21.8 Å². The molecule has 9 nitrogen and oxygen atoms in total. The van der Waals surface area contributed by atoms with E-state index in [1.807, 2.05) is 51.1 Å². The second kappa shape index (κ2) is 8.79. The van der Waals surface area contributed by atoms with Crippen molar-refractivity contribution >= 4 is 15.9 Å². The van der Waals surface area contributed by atoms with Crippen LogP contribution in [0.5, 0.6) is 0 Å². The number of carbonyl (C=O) groups excluding carboxylic acids is 1. The minimum atomic E-state index is -3.59. The van der Waals surface area contributed by atoms with Crippen LogP contribution in [0.3, 0.4) is 0 Å². The zero-order valence-electron chi connectivity index (χ0n) is 18.4. The summed E-state index contributed by atoms with van der Waals surface area (Å²) >= 11 is 0. The highest BCUT2D eigenvalue weighted by Crippen LogP contribution is 2.21. The largest absolute Gasteiger partial charge is 0.338 e. The number of benzene rings is 2. The SMILES string of the molecule is Cc1ccc(S(=O)(=O)N2CCN(C(=O)Cn3nnc(-c4ccccc4C)n3)CC2)cc1C. The van der Waals surface area contributed by atoms with Gasteiger partial charge in [-0.2, -0.15) is 9.10 Å². The van der Waals surface area contributed by atoms with Crippen LogP contribution >= 0.6 is 0 Å². The van der Waals surface area contributed by atoms with Crippen LogP contribution in [0.4, 0.5) is 0 Å². The highest BCUT2D eigenvalue weighted by Gasteiger charge is 2.30. The summed E-state index contributed by atoms with van der Waals surface area (Å²) < 4.78 is 27.4. The summed E-state index contributed by atoms with van der Waals surface area (Å²) in [4.78, 5) is 15.9. The molecule has 1 amide bonds. The first-order valence-corrected chi connectivity index (χ1v) is 11.9. The molecule has 0 N–H and O–H groups in total. The minimum absolute atomic E-state index is 0.0389. The summed E-state index contributed by atoms with van der Waals surface area (Å²) in [6.07, 6.45) is 0. The maximum Gasteiger partial charge on any atom is 0.246 e. The first-order valence-electron chi connectivity index (χ1n) is 10.4. The Balaban J connectivity index is 1.38. The third kappa shape index (κ3) is 4.42. The van der Waals surface area contributed by atoms with Crippen molar-refractivity contribution in [3.05, 3.63) is 59.2 Å². The monoisotopic (exact) mass is 454 g/mol. The van der Waals surface area contributed by atoms with E-state index in [-0.39, 0.29) is 30.4 Å². The number of hydrogen-bond acceptors (Lipinski definition) is 6. The molecule has 2 heterocycles. The smallest absolute Gasteiger partial charge is 0.246 e. The van der Waals surface area contributed by atoms with E-state index in [2.05, 4.69) is 15.4 Å². The lowest BCUT2D eigenvalue weighted by molar-refractivity contribution is -0.133. The van der Waals surface area contributed by atoms with E-state index in [1.165, 1.54) is 9.10 Å². The van der Waals surface area contributed by atoms with E-state index < -0.39 is 10.0 Å². The van der Waals surface area contributed by atoms with Gasteiger partial charge in [-0.25, -0.2) is 8.42 Å². The van der Waals surface area contributed by atoms with Gasteiger partial charge in [0.05, 0.1) is 4.90 Å². The summed E-state index contributed by atoms with van der Waals surface area (Å²) in [5.41, 5.74) is 3.88. The lowest BCUT2D eigenvalue weighted by atomic mass is 10.1. The van der Waals surface area contributed by atoms with Crippen LogP contribution < -0.4 is 0 Å². The predicted molar refractivity (Wildman–Crippen MR) is 119 cm³/mol. The molecule has 32 heavy (non-hydrogen) atoms. The van der Waals surface area contributed by atoms with Crippen LogP contribution in [0, 0.1) is 20.8 Å². The van der Waals surface area contributed by atoms with E-state index in [9.17, 15) is 13.2 Å².